The summed E-state index contributed by atoms with van der Waals surface area (Å²) in [6, 6.07) is 25.1. The van der Waals surface area contributed by atoms with Crippen LogP contribution in [-0.4, -0.2) is 39.4 Å². The fourth-order valence-corrected chi connectivity index (χ4v) is 3.66. The average molecular weight is 486 g/mol. The van der Waals surface area contributed by atoms with Crippen LogP contribution in [0.2, 0.25) is 0 Å². The zero-order valence-electron chi connectivity index (χ0n) is 19.8. The highest BCUT2D eigenvalue weighted by Gasteiger charge is 2.21. The van der Waals surface area contributed by atoms with Gasteiger partial charge in [0.2, 0.25) is 0 Å². The summed E-state index contributed by atoms with van der Waals surface area (Å²) in [6.07, 6.45) is 1.86. The van der Waals surface area contributed by atoms with Crippen molar-refractivity contribution in [3.8, 4) is 22.8 Å². The van der Waals surface area contributed by atoms with Crippen LogP contribution in [0.15, 0.2) is 91.1 Å². The van der Waals surface area contributed by atoms with Gasteiger partial charge in [-0.1, -0.05) is 42.5 Å². The van der Waals surface area contributed by atoms with E-state index in [9.17, 15) is 14.7 Å². The van der Waals surface area contributed by atoms with Gasteiger partial charge in [0, 0.05) is 25.2 Å². The maximum absolute atomic E-state index is 12.4. The van der Waals surface area contributed by atoms with E-state index in [2.05, 4.69) is 10.4 Å². The van der Waals surface area contributed by atoms with E-state index in [1.807, 2.05) is 55.6 Å². The highest BCUT2D eigenvalue weighted by molar-refractivity contribution is 5.84. The third-order valence-corrected chi connectivity index (χ3v) is 5.59. The predicted octanol–water partition coefficient (Wildman–Crippen LogP) is 3.86. The molecule has 0 saturated carbocycles. The van der Waals surface area contributed by atoms with E-state index in [1.165, 1.54) is 0 Å². The minimum absolute atomic E-state index is 0.138. The van der Waals surface area contributed by atoms with Crippen molar-refractivity contribution in [1.29, 1.82) is 0 Å². The second-order valence-corrected chi connectivity index (χ2v) is 8.23. The number of carboxylic acid groups (broad SMARTS) is 1. The third kappa shape index (κ3) is 6.73. The molecule has 0 bridgehead atoms. The van der Waals surface area contributed by atoms with Gasteiger partial charge in [-0.2, -0.15) is 5.10 Å². The average Bonchev–Trinajstić information content (AvgIpc) is 3.33. The zero-order valence-corrected chi connectivity index (χ0v) is 19.8. The number of rotatable bonds is 11. The first-order valence-corrected chi connectivity index (χ1v) is 11.5. The van der Waals surface area contributed by atoms with Crippen LogP contribution in [0.3, 0.4) is 0 Å². The molecule has 0 unspecified atom stereocenters. The second kappa shape index (κ2) is 11.7. The van der Waals surface area contributed by atoms with Crippen LogP contribution >= 0.6 is 0 Å². The van der Waals surface area contributed by atoms with E-state index in [-0.39, 0.29) is 13.0 Å². The molecule has 4 aromatic rings. The third-order valence-electron chi connectivity index (χ3n) is 5.59. The molecule has 4 rings (SSSR count). The minimum Gasteiger partial charge on any atom is -0.489 e. The lowest BCUT2D eigenvalue weighted by Gasteiger charge is -2.15. The molecule has 36 heavy (non-hydrogen) atoms. The van der Waals surface area contributed by atoms with Gasteiger partial charge in [-0.15, -0.1) is 0 Å². The topological polar surface area (TPSA) is 103 Å². The van der Waals surface area contributed by atoms with Gasteiger partial charge in [0.1, 0.15) is 24.1 Å². The Kier molecular flexibility index (Phi) is 7.97. The monoisotopic (exact) mass is 485 g/mol. The smallest absolute Gasteiger partial charge is 0.326 e. The molecule has 1 amide bonds. The largest absolute Gasteiger partial charge is 0.489 e. The molecule has 1 atom stereocenters. The Morgan fingerprint density at radius 1 is 0.889 bits per heavy atom. The van der Waals surface area contributed by atoms with E-state index < -0.39 is 17.9 Å². The van der Waals surface area contributed by atoms with Crippen LogP contribution in [0.5, 0.6) is 11.5 Å². The molecule has 1 aromatic heterocycles. The van der Waals surface area contributed by atoms with E-state index >= 15 is 0 Å². The fourth-order valence-electron chi connectivity index (χ4n) is 3.66. The Balaban J connectivity index is 1.26. The molecule has 0 aliphatic heterocycles. The quantitative estimate of drug-likeness (QED) is 0.335. The number of carbonyl (C=O) groups excluding carboxylic acids is 1. The number of amides is 1. The number of carboxylic acids is 1. The summed E-state index contributed by atoms with van der Waals surface area (Å²) in [5.74, 6) is -0.440. The summed E-state index contributed by atoms with van der Waals surface area (Å²) in [6.45, 7) is 0.154. The van der Waals surface area contributed by atoms with Crippen LogP contribution in [0, 0.1) is 0 Å². The number of hydrogen-bond donors (Lipinski definition) is 2. The SMILES string of the molecule is Cn1nccc1-c1ccc(OCC(=O)N[C@@H](Cc2ccc(OCc3ccccc3)cc2)C(=O)O)cc1. The molecule has 0 spiro atoms. The zero-order chi connectivity index (χ0) is 25.3. The Hall–Kier alpha value is -4.59. The first kappa shape index (κ1) is 24.5. The van der Waals surface area contributed by atoms with Crippen LogP contribution in [-0.2, 0) is 29.7 Å². The number of aromatic nitrogens is 2. The van der Waals surface area contributed by atoms with Crippen molar-refractivity contribution in [2.75, 3.05) is 6.61 Å². The van der Waals surface area contributed by atoms with Crippen LogP contribution < -0.4 is 14.8 Å². The first-order valence-electron chi connectivity index (χ1n) is 11.5. The summed E-state index contributed by atoms with van der Waals surface area (Å²) < 4.78 is 13.1. The van der Waals surface area contributed by atoms with Gasteiger partial charge in [0.05, 0.1) is 5.69 Å². The maximum Gasteiger partial charge on any atom is 0.326 e. The second-order valence-electron chi connectivity index (χ2n) is 8.23. The number of carbonyl (C=O) groups is 2. The normalized spacial score (nSPS) is 11.5. The number of aryl methyl sites for hydroxylation is 1. The van der Waals surface area contributed by atoms with Gasteiger partial charge in [-0.25, -0.2) is 4.79 Å². The van der Waals surface area contributed by atoms with Crippen LogP contribution in [0.1, 0.15) is 11.1 Å². The van der Waals surface area contributed by atoms with Gasteiger partial charge >= 0.3 is 5.97 Å². The number of ether oxygens (including phenoxy) is 2. The number of benzene rings is 3. The molecule has 3 aromatic carbocycles. The predicted molar refractivity (Wildman–Crippen MR) is 135 cm³/mol. The van der Waals surface area contributed by atoms with Gasteiger partial charge in [-0.3, -0.25) is 9.48 Å². The molecule has 8 nitrogen and oxygen atoms in total. The lowest BCUT2D eigenvalue weighted by molar-refractivity contribution is -0.142. The molecule has 1 heterocycles. The Labute approximate surface area is 209 Å². The number of nitrogens with one attached hydrogen (secondary N) is 1. The van der Waals surface area contributed by atoms with Gasteiger partial charge in [0.15, 0.2) is 6.61 Å². The van der Waals surface area contributed by atoms with Crippen molar-refractivity contribution in [1.82, 2.24) is 15.1 Å². The minimum atomic E-state index is -1.12. The summed E-state index contributed by atoms with van der Waals surface area (Å²) in [5.41, 5.74) is 3.75. The van der Waals surface area contributed by atoms with E-state index in [4.69, 9.17) is 9.47 Å². The number of nitrogens with zero attached hydrogens (tertiary/aromatic N) is 2. The van der Waals surface area contributed by atoms with Crippen LogP contribution in [0.25, 0.3) is 11.3 Å². The fraction of sp³-hybridized carbons (Fsp3) is 0.179. The van der Waals surface area contributed by atoms with Crippen molar-refractivity contribution in [2.24, 2.45) is 7.05 Å². The van der Waals surface area contributed by atoms with Crippen molar-refractivity contribution in [2.45, 2.75) is 19.1 Å². The molecule has 0 saturated heterocycles. The number of hydrogen-bond acceptors (Lipinski definition) is 5. The molecular weight excluding hydrogens is 458 g/mol. The van der Waals surface area contributed by atoms with E-state index in [0.29, 0.717) is 18.1 Å². The van der Waals surface area contributed by atoms with Crippen molar-refractivity contribution < 1.29 is 24.2 Å². The van der Waals surface area contributed by atoms with Crippen molar-refractivity contribution in [3.63, 3.8) is 0 Å². The molecular formula is C28H27N3O5. The standard InChI is InChI=1S/C28H27N3O5/c1-31-26(15-16-29-31)22-9-13-24(14-10-22)36-19-27(32)30-25(28(33)34)17-20-7-11-23(12-8-20)35-18-21-5-3-2-4-6-21/h2-16,25H,17-19H2,1H3,(H,30,32)(H,33,34)/t25-/m0/s1. The van der Waals surface area contributed by atoms with Crippen molar-refractivity contribution >= 4 is 11.9 Å². The van der Waals surface area contributed by atoms with Crippen molar-refractivity contribution in [3.05, 3.63) is 102 Å². The maximum atomic E-state index is 12.4. The highest BCUT2D eigenvalue weighted by atomic mass is 16.5. The molecule has 0 radical (unpaired) electrons. The summed E-state index contributed by atoms with van der Waals surface area (Å²) in [4.78, 5) is 24.1. The molecule has 184 valence electrons. The summed E-state index contributed by atoms with van der Waals surface area (Å²) >= 11 is 0. The summed E-state index contributed by atoms with van der Waals surface area (Å²) in [5, 5.41) is 16.3. The molecule has 0 aliphatic rings. The Bertz CT molecular complexity index is 1290. The highest BCUT2D eigenvalue weighted by Crippen LogP contribution is 2.21. The van der Waals surface area contributed by atoms with Gasteiger partial charge in [0.25, 0.3) is 5.91 Å². The van der Waals surface area contributed by atoms with Gasteiger partial charge in [-0.05, 0) is 53.6 Å². The molecule has 8 heteroatoms. The molecule has 2 N–H and O–H groups in total. The molecule has 0 fully saturated rings. The van der Waals surface area contributed by atoms with E-state index in [1.54, 1.807) is 47.3 Å². The summed E-state index contributed by atoms with van der Waals surface area (Å²) in [7, 11) is 1.86. The van der Waals surface area contributed by atoms with E-state index in [0.717, 1.165) is 22.4 Å². The lowest BCUT2D eigenvalue weighted by Crippen LogP contribution is -2.44. The first-order chi connectivity index (χ1) is 17.5. The lowest BCUT2D eigenvalue weighted by atomic mass is 10.1. The Morgan fingerprint density at radius 2 is 1.56 bits per heavy atom. The van der Waals surface area contributed by atoms with Gasteiger partial charge < -0.3 is 19.9 Å². The number of aliphatic carboxylic acids is 1. The Morgan fingerprint density at radius 3 is 2.19 bits per heavy atom. The van der Waals surface area contributed by atoms with Crippen LogP contribution in [0.4, 0.5) is 0 Å². The molecule has 0 aliphatic carbocycles.